The third-order valence-electron chi connectivity index (χ3n) is 3.80. The molecule has 3 aromatic rings. The highest BCUT2D eigenvalue weighted by molar-refractivity contribution is 7.08. The summed E-state index contributed by atoms with van der Waals surface area (Å²) < 4.78 is 10.2. The molecule has 10 heteroatoms. The number of carbonyl (C=O) groups excluding carboxylic acids is 3. The van der Waals surface area contributed by atoms with Crippen molar-refractivity contribution in [2.45, 2.75) is 25.9 Å². The number of hydrogen-bond donors (Lipinski definition) is 2. The molecule has 0 saturated carbocycles. The van der Waals surface area contributed by atoms with E-state index in [9.17, 15) is 14.4 Å². The van der Waals surface area contributed by atoms with Crippen LogP contribution in [0.5, 0.6) is 0 Å². The molecule has 0 radical (unpaired) electrons. The van der Waals surface area contributed by atoms with Gasteiger partial charge < -0.3 is 9.26 Å². The monoisotopic (exact) mass is 414 g/mol. The molecule has 29 heavy (non-hydrogen) atoms. The normalized spacial score (nSPS) is 11.5. The number of benzene rings is 1. The lowest BCUT2D eigenvalue weighted by atomic mass is 10.2. The first-order valence-corrected chi connectivity index (χ1v) is 9.67. The van der Waals surface area contributed by atoms with Crippen LogP contribution in [0.1, 0.15) is 29.6 Å². The average Bonchev–Trinajstić information content (AvgIpc) is 3.42. The third-order valence-corrected chi connectivity index (χ3v) is 4.49. The summed E-state index contributed by atoms with van der Waals surface area (Å²) in [5.74, 6) is -0.973. The Morgan fingerprint density at radius 3 is 2.69 bits per heavy atom. The fourth-order valence-electron chi connectivity index (χ4n) is 2.27. The lowest BCUT2D eigenvalue weighted by molar-refractivity contribution is -0.155. The molecule has 9 nitrogen and oxygen atoms in total. The van der Waals surface area contributed by atoms with Gasteiger partial charge in [-0.2, -0.15) is 16.3 Å². The van der Waals surface area contributed by atoms with E-state index in [1.807, 2.05) is 16.8 Å². The van der Waals surface area contributed by atoms with Gasteiger partial charge in [-0.3, -0.25) is 25.2 Å². The van der Waals surface area contributed by atoms with E-state index >= 15 is 0 Å². The predicted octanol–water partition coefficient (Wildman–Crippen LogP) is 2.12. The van der Waals surface area contributed by atoms with E-state index in [-0.39, 0.29) is 12.8 Å². The van der Waals surface area contributed by atoms with Crippen molar-refractivity contribution in [3.05, 3.63) is 58.6 Å². The molecule has 0 aliphatic carbocycles. The molecule has 0 bridgehead atoms. The van der Waals surface area contributed by atoms with Crippen LogP contribution in [-0.2, 0) is 20.7 Å². The minimum Gasteiger partial charge on any atom is -0.452 e. The molecule has 3 rings (SSSR count). The molecule has 0 aliphatic rings. The Kier molecular flexibility index (Phi) is 6.69. The summed E-state index contributed by atoms with van der Waals surface area (Å²) >= 11 is 1.52. The van der Waals surface area contributed by atoms with Crippen LogP contribution >= 0.6 is 11.3 Å². The van der Waals surface area contributed by atoms with Gasteiger partial charge in [0.25, 0.3) is 11.8 Å². The molecule has 0 fully saturated rings. The SMILES string of the molecule is C[C@H](OC(=O)CCc1nc(-c2ccsc2)no1)C(=O)NNC(=O)c1ccccc1. The van der Waals surface area contributed by atoms with Crippen LogP contribution in [0, 0.1) is 0 Å². The molecular formula is C19H18N4O5S. The first-order valence-electron chi connectivity index (χ1n) is 8.73. The lowest BCUT2D eigenvalue weighted by Crippen LogP contribution is -2.46. The number of rotatable bonds is 7. The molecule has 0 saturated heterocycles. The Morgan fingerprint density at radius 1 is 1.17 bits per heavy atom. The molecule has 2 heterocycles. The first-order chi connectivity index (χ1) is 14.0. The number of nitrogens with one attached hydrogen (secondary N) is 2. The van der Waals surface area contributed by atoms with Crippen molar-refractivity contribution in [3.63, 3.8) is 0 Å². The predicted molar refractivity (Wildman–Crippen MR) is 104 cm³/mol. The van der Waals surface area contributed by atoms with E-state index < -0.39 is 23.9 Å². The Hall–Kier alpha value is -3.53. The summed E-state index contributed by atoms with van der Waals surface area (Å²) in [5.41, 5.74) is 5.72. The van der Waals surface area contributed by atoms with Crippen molar-refractivity contribution in [1.82, 2.24) is 21.0 Å². The van der Waals surface area contributed by atoms with Crippen molar-refractivity contribution in [2.24, 2.45) is 0 Å². The van der Waals surface area contributed by atoms with Crippen LogP contribution in [0.3, 0.4) is 0 Å². The first kappa shape index (κ1) is 20.2. The molecule has 0 aliphatic heterocycles. The number of esters is 1. The van der Waals surface area contributed by atoms with E-state index in [1.54, 1.807) is 30.3 Å². The van der Waals surface area contributed by atoms with Crippen LogP contribution < -0.4 is 10.9 Å². The van der Waals surface area contributed by atoms with Crippen LogP contribution in [0.4, 0.5) is 0 Å². The smallest absolute Gasteiger partial charge is 0.307 e. The van der Waals surface area contributed by atoms with Gasteiger partial charge >= 0.3 is 5.97 Å². The fraction of sp³-hybridized carbons (Fsp3) is 0.211. The lowest BCUT2D eigenvalue weighted by Gasteiger charge is -2.13. The summed E-state index contributed by atoms with van der Waals surface area (Å²) in [6.07, 6.45) is -0.920. The van der Waals surface area contributed by atoms with Gasteiger partial charge in [0.15, 0.2) is 6.10 Å². The number of amides is 2. The number of thiophene rings is 1. The summed E-state index contributed by atoms with van der Waals surface area (Å²) in [6.45, 7) is 1.41. The van der Waals surface area contributed by atoms with Gasteiger partial charge in [0.1, 0.15) is 0 Å². The van der Waals surface area contributed by atoms with Crippen molar-refractivity contribution in [3.8, 4) is 11.4 Å². The third kappa shape index (κ3) is 5.72. The molecule has 150 valence electrons. The Labute approximate surface area is 170 Å². The molecule has 0 spiro atoms. The van der Waals surface area contributed by atoms with Gasteiger partial charge in [0.2, 0.25) is 11.7 Å². The Bertz CT molecular complexity index is 972. The number of aromatic nitrogens is 2. The minimum atomic E-state index is -1.08. The second-order valence-electron chi connectivity index (χ2n) is 5.97. The van der Waals surface area contributed by atoms with Crippen molar-refractivity contribution in [2.75, 3.05) is 0 Å². The van der Waals surface area contributed by atoms with Crippen molar-refractivity contribution in [1.29, 1.82) is 0 Å². The highest BCUT2D eigenvalue weighted by atomic mass is 32.1. The summed E-state index contributed by atoms with van der Waals surface area (Å²) in [7, 11) is 0. The Balaban J connectivity index is 1.40. The van der Waals surface area contributed by atoms with Gasteiger partial charge in [-0.15, -0.1) is 0 Å². The molecule has 2 aromatic heterocycles. The topological polar surface area (TPSA) is 123 Å². The molecule has 0 unspecified atom stereocenters. The molecular weight excluding hydrogens is 396 g/mol. The van der Waals surface area contributed by atoms with Gasteiger partial charge in [0.05, 0.1) is 6.42 Å². The number of nitrogens with zero attached hydrogens (tertiary/aromatic N) is 2. The zero-order valence-corrected chi connectivity index (χ0v) is 16.3. The van der Waals surface area contributed by atoms with E-state index in [0.717, 1.165) is 5.56 Å². The largest absolute Gasteiger partial charge is 0.452 e. The second kappa shape index (κ2) is 9.60. The van der Waals surface area contributed by atoms with Crippen LogP contribution in [-0.4, -0.2) is 34.0 Å². The van der Waals surface area contributed by atoms with Crippen LogP contribution in [0.2, 0.25) is 0 Å². The van der Waals surface area contributed by atoms with Gasteiger partial charge in [-0.05, 0) is 30.5 Å². The number of carbonyl (C=O) groups is 3. The number of ether oxygens (including phenoxy) is 1. The van der Waals surface area contributed by atoms with E-state index in [2.05, 4.69) is 21.0 Å². The van der Waals surface area contributed by atoms with Crippen molar-refractivity contribution < 1.29 is 23.6 Å². The van der Waals surface area contributed by atoms with Crippen molar-refractivity contribution >= 4 is 29.1 Å². The highest BCUT2D eigenvalue weighted by Gasteiger charge is 2.19. The maximum Gasteiger partial charge on any atom is 0.307 e. The molecule has 1 atom stereocenters. The van der Waals surface area contributed by atoms with E-state index in [0.29, 0.717) is 17.3 Å². The zero-order valence-electron chi connectivity index (χ0n) is 15.5. The Morgan fingerprint density at radius 2 is 1.97 bits per heavy atom. The summed E-state index contributed by atoms with van der Waals surface area (Å²) in [6, 6.07) is 10.2. The van der Waals surface area contributed by atoms with Gasteiger partial charge in [-0.1, -0.05) is 23.4 Å². The van der Waals surface area contributed by atoms with E-state index in [4.69, 9.17) is 9.26 Å². The van der Waals surface area contributed by atoms with Crippen LogP contribution in [0.25, 0.3) is 11.4 Å². The quantitative estimate of drug-likeness (QED) is 0.448. The number of hydrazine groups is 1. The molecule has 2 amide bonds. The standard InChI is InChI=1S/C19H18N4O5S/c1-12(18(25)21-22-19(26)13-5-3-2-4-6-13)27-16(24)8-7-15-20-17(23-28-15)14-9-10-29-11-14/h2-6,9-12H,7-8H2,1H3,(H,21,25)(H,22,26)/t12-/m0/s1. The summed E-state index contributed by atoms with van der Waals surface area (Å²) in [4.78, 5) is 40.0. The fourth-order valence-corrected chi connectivity index (χ4v) is 2.90. The van der Waals surface area contributed by atoms with Crippen LogP contribution in [0.15, 0.2) is 51.7 Å². The number of hydrogen-bond acceptors (Lipinski definition) is 8. The summed E-state index contributed by atoms with van der Waals surface area (Å²) in [5, 5.41) is 7.64. The maximum atomic E-state index is 12.0. The average molecular weight is 414 g/mol. The zero-order chi connectivity index (χ0) is 20.6. The molecule has 1 aromatic carbocycles. The van der Waals surface area contributed by atoms with Gasteiger partial charge in [-0.25, -0.2) is 0 Å². The van der Waals surface area contributed by atoms with Gasteiger partial charge in [0, 0.05) is 22.9 Å². The highest BCUT2D eigenvalue weighted by Crippen LogP contribution is 2.19. The van der Waals surface area contributed by atoms with E-state index in [1.165, 1.54) is 18.3 Å². The maximum absolute atomic E-state index is 12.0. The minimum absolute atomic E-state index is 0.0285. The second-order valence-corrected chi connectivity index (χ2v) is 6.75. The molecule has 2 N–H and O–H groups in total. The number of aryl methyl sites for hydroxylation is 1.